The maximum atomic E-state index is 5.69. The molecule has 0 unspecified atom stereocenters. The van der Waals surface area contributed by atoms with Gasteiger partial charge in [-0.25, -0.2) is 9.97 Å². The highest BCUT2D eigenvalue weighted by Crippen LogP contribution is 2.42. The van der Waals surface area contributed by atoms with E-state index in [9.17, 15) is 0 Å². The molecule has 2 N–H and O–H groups in total. The Hall–Kier alpha value is -1.07. The summed E-state index contributed by atoms with van der Waals surface area (Å²) in [5.74, 6) is 0.939. The van der Waals surface area contributed by atoms with Crippen LogP contribution in [0.3, 0.4) is 0 Å². The second-order valence-corrected chi connectivity index (χ2v) is 5.05. The van der Waals surface area contributed by atoms with Gasteiger partial charge in [-0.05, 0) is 12.1 Å². The van der Waals surface area contributed by atoms with Crippen molar-refractivity contribution in [1.82, 2.24) is 9.97 Å². The number of aromatic nitrogens is 2. The first kappa shape index (κ1) is 8.26. The minimum absolute atomic E-state index is 0.646. The van der Waals surface area contributed by atoms with E-state index in [4.69, 9.17) is 5.73 Å². The number of nitrogens with zero attached hydrogens (tertiary/aromatic N) is 2. The first-order valence-electron chi connectivity index (χ1n) is 4.18. The molecule has 3 heterocycles. The fourth-order valence-corrected chi connectivity index (χ4v) is 3.41. The van der Waals surface area contributed by atoms with Crippen LogP contribution in [0.25, 0.3) is 11.3 Å². The Kier molecular flexibility index (Phi) is 1.75. The van der Waals surface area contributed by atoms with Crippen LogP contribution in [0.5, 0.6) is 0 Å². The van der Waals surface area contributed by atoms with Crippen LogP contribution in [0.2, 0.25) is 0 Å². The molecular weight excluding hydrogens is 214 g/mol. The maximum Gasteiger partial charge on any atom is 0.180 e. The second kappa shape index (κ2) is 2.96. The SMILES string of the molecule is Nc1nc2c(s1)CSc1ncccc1-2. The number of hydrogen-bond donors (Lipinski definition) is 1. The average Bonchev–Trinajstić information content (AvgIpc) is 2.59. The fraction of sp³-hybridized carbons (Fsp3) is 0.111. The Morgan fingerprint density at radius 1 is 1.43 bits per heavy atom. The molecule has 3 rings (SSSR count). The lowest BCUT2D eigenvalue weighted by Crippen LogP contribution is -1.95. The zero-order valence-electron chi connectivity index (χ0n) is 7.23. The number of rotatable bonds is 0. The molecule has 0 fully saturated rings. The van der Waals surface area contributed by atoms with E-state index in [1.807, 2.05) is 18.3 Å². The summed E-state index contributed by atoms with van der Waals surface area (Å²) in [5, 5.41) is 1.71. The first-order chi connectivity index (χ1) is 6.84. The molecule has 1 aliphatic rings. The Bertz CT molecular complexity index is 493. The van der Waals surface area contributed by atoms with Gasteiger partial charge in [-0.15, -0.1) is 23.1 Å². The maximum absolute atomic E-state index is 5.69. The van der Waals surface area contributed by atoms with Crippen LogP contribution in [-0.2, 0) is 5.75 Å². The van der Waals surface area contributed by atoms with E-state index < -0.39 is 0 Å². The summed E-state index contributed by atoms with van der Waals surface area (Å²) in [6, 6.07) is 3.98. The third-order valence-corrected chi connectivity index (χ3v) is 4.18. The van der Waals surface area contributed by atoms with Crippen molar-refractivity contribution in [3.05, 3.63) is 23.2 Å². The van der Waals surface area contributed by atoms with Gasteiger partial charge in [0.25, 0.3) is 0 Å². The molecule has 70 valence electrons. The number of anilines is 1. The van der Waals surface area contributed by atoms with Crippen molar-refractivity contribution in [2.75, 3.05) is 5.73 Å². The largest absolute Gasteiger partial charge is 0.375 e. The summed E-state index contributed by atoms with van der Waals surface area (Å²) in [7, 11) is 0. The standard InChI is InChI=1S/C9H7N3S2/c10-9-12-7-5-2-1-3-11-8(5)13-4-6(7)14-9/h1-3H,4H2,(H2,10,12). The monoisotopic (exact) mass is 221 g/mol. The summed E-state index contributed by atoms with van der Waals surface area (Å²) >= 11 is 3.32. The number of hydrogen-bond acceptors (Lipinski definition) is 5. The molecule has 0 aliphatic carbocycles. The summed E-state index contributed by atoms with van der Waals surface area (Å²) in [4.78, 5) is 9.91. The lowest BCUT2D eigenvalue weighted by molar-refractivity contribution is 1.11. The normalized spacial score (nSPS) is 13.4. The van der Waals surface area contributed by atoms with Crippen LogP contribution in [0, 0.1) is 0 Å². The van der Waals surface area contributed by atoms with E-state index >= 15 is 0 Å². The predicted octanol–water partition coefficient (Wildman–Crippen LogP) is 2.39. The fourth-order valence-electron chi connectivity index (χ4n) is 1.50. The van der Waals surface area contributed by atoms with Crippen LogP contribution in [0.1, 0.15) is 4.88 Å². The highest BCUT2D eigenvalue weighted by molar-refractivity contribution is 7.98. The van der Waals surface area contributed by atoms with Crippen molar-refractivity contribution in [1.29, 1.82) is 0 Å². The molecule has 1 aliphatic heterocycles. The third-order valence-electron chi connectivity index (χ3n) is 2.08. The number of nitrogens with two attached hydrogens (primary N) is 1. The molecule has 14 heavy (non-hydrogen) atoms. The Labute approximate surface area is 89.4 Å². The van der Waals surface area contributed by atoms with E-state index in [1.165, 1.54) is 4.88 Å². The van der Waals surface area contributed by atoms with Gasteiger partial charge in [0, 0.05) is 22.4 Å². The van der Waals surface area contributed by atoms with Gasteiger partial charge in [0.15, 0.2) is 5.13 Å². The molecule has 0 aromatic carbocycles. The Balaban J connectivity index is 2.28. The Morgan fingerprint density at radius 2 is 2.36 bits per heavy atom. The second-order valence-electron chi connectivity index (χ2n) is 2.97. The molecule has 0 bridgehead atoms. The number of thioether (sulfide) groups is 1. The van der Waals surface area contributed by atoms with Crippen molar-refractivity contribution >= 4 is 28.2 Å². The van der Waals surface area contributed by atoms with Gasteiger partial charge in [-0.2, -0.15) is 0 Å². The van der Waals surface area contributed by atoms with Gasteiger partial charge in [0.1, 0.15) is 5.03 Å². The highest BCUT2D eigenvalue weighted by atomic mass is 32.2. The lowest BCUT2D eigenvalue weighted by atomic mass is 10.2. The van der Waals surface area contributed by atoms with Gasteiger partial charge in [-0.3, -0.25) is 0 Å². The van der Waals surface area contributed by atoms with Gasteiger partial charge in [0.2, 0.25) is 0 Å². The highest BCUT2D eigenvalue weighted by Gasteiger charge is 2.20. The van der Waals surface area contributed by atoms with E-state index in [0.29, 0.717) is 5.13 Å². The zero-order valence-corrected chi connectivity index (χ0v) is 8.86. The summed E-state index contributed by atoms with van der Waals surface area (Å²) < 4.78 is 0. The molecule has 2 aromatic heterocycles. The van der Waals surface area contributed by atoms with E-state index in [-0.39, 0.29) is 0 Å². The van der Waals surface area contributed by atoms with Crippen LogP contribution >= 0.6 is 23.1 Å². The van der Waals surface area contributed by atoms with Crippen LogP contribution in [0.4, 0.5) is 5.13 Å². The van der Waals surface area contributed by atoms with Crippen LogP contribution in [0.15, 0.2) is 23.4 Å². The molecule has 0 saturated carbocycles. The van der Waals surface area contributed by atoms with Crippen molar-refractivity contribution in [2.24, 2.45) is 0 Å². The van der Waals surface area contributed by atoms with Crippen molar-refractivity contribution in [3.63, 3.8) is 0 Å². The van der Waals surface area contributed by atoms with Crippen LogP contribution in [-0.4, -0.2) is 9.97 Å². The minimum atomic E-state index is 0.646. The number of pyridine rings is 1. The zero-order chi connectivity index (χ0) is 9.54. The predicted molar refractivity (Wildman–Crippen MR) is 59.3 cm³/mol. The molecule has 0 atom stereocenters. The van der Waals surface area contributed by atoms with Gasteiger partial charge in [0.05, 0.1) is 5.69 Å². The Morgan fingerprint density at radius 3 is 3.29 bits per heavy atom. The average molecular weight is 221 g/mol. The molecule has 2 aromatic rings. The molecule has 0 amide bonds. The minimum Gasteiger partial charge on any atom is -0.375 e. The summed E-state index contributed by atoms with van der Waals surface area (Å²) in [6.07, 6.45) is 1.81. The van der Waals surface area contributed by atoms with Crippen LogP contribution < -0.4 is 5.73 Å². The molecule has 0 spiro atoms. The molecule has 0 radical (unpaired) electrons. The third kappa shape index (κ3) is 1.13. The van der Waals surface area contributed by atoms with Gasteiger partial charge < -0.3 is 5.73 Å². The smallest absolute Gasteiger partial charge is 0.180 e. The number of fused-ring (bicyclic) bond motifs is 3. The van der Waals surface area contributed by atoms with Crippen molar-refractivity contribution in [2.45, 2.75) is 10.8 Å². The molecule has 0 saturated heterocycles. The van der Waals surface area contributed by atoms with E-state index in [2.05, 4.69) is 9.97 Å². The summed E-state index contributed by atoms with van der Waals surface area (Å²) in [5.41, 5.74) is 7.83. The quantitative estimate of drug-likeness (QED) is 0.742. The van der Waals surface area contributed by atoms with E-state index in [0.717, 1.165) is 22.0 Å². The van der Waals surface area contributed by atoms with Gasteiger partial charge >= 0.3 is 0 Å². The first-order valence-corrected chi connectivity index (χ1v) is 5.98. The molecule has 3 nitrogen and oxygen atoms in total. The molecule has 5 heteroatoms. The lowest BCUT2D eigenvalue weighted by Gasteiger charge is -2.11. The number of nitrogen functional groups attached to an aromatic ring is 1. The van der Waals surface area contributed by atoms with Crippen molar-refractivity contribution < 1.29 is 0 Å². The molecular formula is C9H7N3S2. The topological polar surface area (TPSA) is 51.8 Å². The van der Waals surface area contributed by atoms with Gasteiger partial charge in [-0.1, -0.05) is 0 Å². The summed E-state index contributed by atoms with van der Waals surface area (Å²) in [6.45, 7) is 0. The number of thiazole rings is 1. The van der Waals surface area contributed by atoms with Crippen molar-refractivity contribution in [3.8, 4) is 11.3 Å². The van der Waals surface area contributed by atoms with E-state index in [1.54, 1.807) is 23.1 Å².